The van der Waals surface area contributed by atoms with Crippen LogP contribution in [0.3, 0.4) is 0 Å². The van der Waals surface area contributed by atoms with Gasteiger partial charge in [0.05, 0.1) is 5.69 Å². The van der Waals surface area contributed by atoms with Crippen LogP contribution in [0.25, 0.3) is 5.69 Å². The molecular weight excluding hydrogens is 280 g/mol. The lowest BCUT2D eigenvalue weighted by Crippen LogP contribution is -2.41. The Morgan fingerprint density at radius 3 is 2.59 bits per heavy atom. The number of nitrogens with one attached hydrogen (secondary N) is 1. The van der Waals surface area contributed by atoms with Crippen LogP contribution in [0.1, 0.15) is 12.8 Å². The Balaban J connectivity index is 1.58. The smallest absolute Gasteiger partial charge is 0.321 e. The van der Waals surface area contributed by atoms with Gasteiger partial charge in [-0.2, -0.15) is 5.10 Å². The third-order valence-electron chi connectivity index (χ3n) is 4.05. The minimum atomic E-state index is -0.0803. The topological polar surface area (TPSA) is 70.4 Å². The predicted octanol–water partition coefficient (Wildman–Crippen LogP) is 2.11. The molecule has 2 N–H and O–H groups in total. The van der Waals surface area contributed by atoms with Crippen LogP contribution in [-0.2, 0) is 0 Å². The Morgan fingerprint density at radius 1 is 1.27 bits per heavy atom. The highest BCUT2D eigenvalue weighted by Crippen LogP contribution is 2.18. The number of hydrogen-bond acceptors (Lipinski definition) is 3. The summed E-state index contributed by atoms with van der Waals surface area (Å²) in [6.45, 7) is 1.61. The molecule has 1 aliphatic heterocycles. The van der Waals surface area contributed by atoms with Crippen LogP contribution in [0.2, 0.25) is 0 Å². The van der Waals surface area contributed by atoms with Crippen LogP contribution >= 0.6 is 0 Å². The van der Waals surface area contributed by atoms with Crippen molar-refractivity contribution in [2.75, 3.05) is 25.0 Å². The van der Waals surface area contributed by atoms with Gasteiger partial charge in [0.2, 0.25) is 0 Å². The average molecular weight is 300 g/mol. The number of carbonyl (C=O) groups is 1. The highest BCUT2D eigenvalue weighted by atomic mass is 16.3. The Kier molecular flexibility index (Phi) is 4.39. The van der Waals surface area contributed by atoms with Gasteiger partial charge >= 0.3 is 6.03 Å². The lowest BCUT2D eigenvalue weighted by Gasteiger charge is -2.31. The molecule has 3 rings (SSSR count). The highest BCUT2D eigenvalue weighted by Gasteiger charge is 2.22. The van der Waals surface area contributed by atoms with E-state index in [9.17, 15) is 4.79 Å². The first kappa shape index (κ1) is 14.6. The summed E-state index contributed by atoms with van der Waals surface area (Å²) in [4.78, 5) is 14.0. The van der Waals surface area contributed by atoms with E-state index in [0.29, 0.717) is 19.0 Å². The van der Waals surface area contributed by atoms with Crippen LogP contribution in [0.4, 0.5) is 10.5 Å². The number of piperidine rings is 1. The molecule has 0 saturated carbocycles. The maximum atomic E-state index is 12.2. The van der Waals surface area contributed by atoms with E-state index in [4.69, 9.17) is 5.11 Å². The number of benzene rings is 1. The SMILES string of the molecule is O=C(Nc1ccc(-n2cccn2)cc1)N1CCC(CO)CC1. The largest absolute Gasteiger partial charge is 0.396 e. The summed E-state index contributed by atoms with van der Waals surface area (Å²) in [6, 6.07) is 9.36. The molecular formula is C16H20N4O2. The van der Waals surface area contributed by atoms with Gasteiger partial charge in [-0.1, -0.05) is 0 Å². The van der Waals surface area contributed by atoms with Gasteiger partial charge in [-0.15, -0.1) is 0 Å². The van der Waals surface area contributed by atoms with E-state index in [2.05, 4.69) is 10.4 Å². The van der Waals surface area contributed by atoms with Gasteiger partial charge in [0, 0.05) is 37.8 Å². The zero-order valence-corrected chi connectivity index (χ0v) is 12.4. The standard InChI is InChI=1S/C16H20N4O2/c21-12-13-6-10-19(11-7-13)16(22)18-14-2-4-15(5-3-14)20-9-1-8-17-20/h1-5,8-9,13,21H,6-7,10-12H2,(H,18,22). The molecule has 0 unspecified atom stereocenters. The van der Waals surface area contributed by atoms with E-state index in [0.717, 1.165) is 24.2 Å². The summed E-state index contributed by atoms with van der Waals surface area (Å²) in [5, 5.41) is 16.2. The van der Waals surface area contributed by atoms with Crippen molar-refractivity contribution in [2.24, 2.45) is 5.92 Å². The van der Waals surface area contributed by atoms with Crippen molar-refractivity contribution >= 4 is 11.7 Å². The number of nitrogens with zero attached hydrogens (tertiary/aromatic N) is 3. The van der Waals surface area contributed by atoms with Crippen LogP contribution in [0.15, 0.2) is 42.7 Å². The third-order valence-corrected chi connectivity index (χ3v) is 4.05. The van der Waals surface area contributed by atoms with Gasteiger partial charge in [0.25, 0.3) is 0 Å². The molecule has 22 heavy (non-hydrogen) atoms. The second-order valence-corrected chi connectivity index (χ2v) is 5.54. The Labute approximate surface area is 129 Å². The third kappa shape index (κ3) is 3.28. The van der Waals surface area contributed by atoms with Crippen molar-refractivity contribution in [1.29, 1.82) is 0 Å². The number of anilines is 1. The van der Waals surface area contributed by atoms with Crippen LogP contribution in [0, 0.1) is 5.92 Å². The molecule has 116 valence electrons. The van der Waals surface area contributed by atoms with Crippen molar-refractivity contribution in [3.8, 4) is 5.69 Å². The zero-order chi connectivity index (χ0) is 15.4. The Morgan fingerprint density at radius 2 is 2.00 bits per heavy atom. The summed E-state index contributed by atoms with van der Waals surface area (Å²) >= 11 is 0. The number of urea groups is 1. The van der Waals surface area contributed by atoms with Gasteiger partial charge < -0.3 is 15.3 Å². The van der Waals surface area contributed by atoms with Crippen LogP contribution in [0.5, 0.6) is 0 Å². The summed E-state index contributed by atoms with van der Waals surface area (Å²) in [5.74, 6) is 0.331. The Hall–Kier alpha value is -2.34. The fourth-order valence-electron chi connectivity index (χ4n) is 2.64. The zero-order valence-electron chi connectivity index (χ0n) is 12.4. The van der Waals surface area contributed by atoms with E-state index in [1.165, 1.54) is 0 Å². The minimum Gasteiger partial charge on any atom is -0.396 e. The van der Waals surface area contributed by atoms with Gasteiger partial charge in [-0.3, -0.25) is 0 Å². The molecule has 0 spiro atoms. The summed E-state index contributed by atoms with van der Waals surface area (Å²) < 4.78 is 1.77. The van der Waals surface area contributed by atoms with Gasteiger partial charge in [0.1, 0.15) is 0 Å². The molecule has 6 heteroatoms. The average Bonchev–Trinajstić information content (AvgIpc) is 3.10. The highest BCUT2D eigenvalue weighted by molar-refractivity contribution is 5.89. The number of likely N-dealkylation sites (tertiary alicyclic amines) is 1. The molecule has 1 aromatic carbocycles. The van der Waals surface area contributed by atoms with Gasteiger partial charge in [-0.25, -0.2) is 9.48 Å². The van der Waals surface area contributed by atoms with Crippen molar-refractivity contribution < 1.29 is 9.90 Å². The monoisotopic (exact) mass is 300 g/mol. The number of hydrogen-bond donors (Lipinski definition) is 2. The molecule has 6 nitrogen and oxygen atoms in total. The lowest BCUT2D eigenvalue weighted by molar-refractivity contribution is 0.143. The van der Waals surface area contributed by atoms with E-state index in [1.54, 1.807) is 15.8 Å². The number of carbonyl (C=O) groups excluding carboxylic acids is 1. The first-order valence-electron chi connectivity index (χ1n) is 7.53. The van der Waals surface area contributed by atoms with E-state index >= 15 is 0 Å². The molecule has 0 atom stereocenters. The fourth-order valence-corrected chi connectivity index (χ4v) is 2.64. The lowest BCUT2D eigenvalue weighted by atomic mass is 9.98. The van der Waals surface area contributed by atoms with Crippen molar-refractivity contribution in [3.63, 3.8) is 0 Å². The van der Waals surface area contributed by atoms with Crippen molar-refractivity contribution in [2.45, 2.75) is 12.8 Å². The van der Waals surface area contributed by atoms with Gasteiger partial charge in [-0.05, 0) is 49.1 Å². The molecule has 1 aromatic heterocycles. The molecule has 2 amide bonds. The fraction of sp³-hybridized carbons (Fsp3) is 0.375. The molecule has 2 heterocycles. The molecule has 1 saturated heterocycles. The maximum Gasteiger partial charge on any atom is 0.321 e. The maximum absolute atomic E-state index is 12.2. The van der Waals surface area contributed by atoms with Crippen molar-refractivity contribution in [3.05, 3.63) is 42.7 Å². The minimum absolute atomic E-state index is 0.0803. The summed E-state index contributed by atoms with van der Waals surface area (Å²) in [7, 11) is 0. The van der Waals surface area contributed by atoms with Crippen LogP contribution in [-0.4, -0.2) is 45.5 Å². The first-order chi connectivity index (χ1) is 10.8. The molecule has 1 aliphatic rings. The Bertz CT molecular complexity index is 602. The quantitative estimate of drug-likeness (QED) is 0.912. The molecule has 1 fully saturated rings. The predicted molar refractivity (Wildman–Crippen MR) is 84.0 cm³/mol. The van der Waals surface area contributed by atoms with Gasteiger partial charge in [0.15, 0.2) is 0 Å². The molecule has 0 bridgehead atoms. The normalized spacial score (nSPS) is 15.8. The molecule has 0 aliphatic carbocycles. The molecule has 0 radical (unpaired) electrons. The van der Waals surface area contributed by atoms with Crippen LogP contribution < -0.4 is 5.32 Å². The number of aliphatic hydroxyl groups is 1. The number of amides is 2. The number of rotatable bonds is 3. The number of aromatic nitrogens is 2. The van der Waals surface area contributed by atoms with E-state index in [-0.39, 0.29) is 12.6 Å². The first-order valence-corrected chi connectivity index (χ1v) is 7.53. The second kappa shape index (κ2) is 6.62. The summed E-state index contributed by atoms with van der Waals surface area (Å²) in [6.07, 6.45) is 5.33. The second-order valence-electron chi connectivity index (χ2n) is 5.54. The van der Waals surface area contributed by atoms with E-state index in [1.807, 2.05) is 36.5 Å². The number of aliphatic hydroxyl groups excluding tert-OH is 1. The van der Waals surface area contributed by atoms with E-state index < -0.39 is 0 Å². The molecule has 2 aromatic rings. The van der Waals surface area contributed by atoms with Crippen molar-refractivity contribution in [1.82, 2.24) is 14.7 Å². The summed E-state index contributed by atoms with van der Waals surface area (Å²) in [5.41, 5.74) is 1.72.